The number of amides is 1. The molecule has 0 fully saturated rings. The van der Waals surface area contributed by atoms with E-state index in [9.17, 15) is 4.79 Å². The van der Waals surface area contributed by atoms with Gasteiger partial charge in [-0.15, -0.1) is 0 Å². The van der Waals surface area contributed by atoms with Crippen molar-refractivity contribution in [2.75, 3.05) is 13.1 Å². The Kier molecular flexibility index (Phi) is 5.34. The number of carbonyl (C=O) groups is 1. The molecule has 2 aromatic carbocycles. The molecule has 112 valence electrons. The van der Waals surface area contributed by atoms with Crippen LogP contribution in [0.3, 0.4) is 0 Å². The van der Waals surface area contributed by atoms with Crippen molar-refractivity contribution in [3.8, 4) is 0 Å². The summed E-state index contributed by atoms with van der Waals surface area (Å²) in [7, 11) is 0. The quantitative estimate of drug-likeness (QED) is 0.799. The van der Waals surface area contributed by atoms with E-state index in [1.807, 2.05) is 18.2 Å². The number of hydrogen-bond acceptors (Lipinski definition) is 2. The number of nitrogens with one attached hydrogen (secondary N) is 2. The molecule has 0 atom stereocenters. The lowest BCUT2D eigenvalue weighted by Crippen LogP contribution is -2.29. The highest BCUT2D eigenvalue weighted by Gasteiger charge is 2.05. The van der Waals surface area contributed by atoms with Crippen LogP contribution in [0, 0.1) is 6.92 Å². The molecule has 21 heavy (non-hydrogen) atoms. The standard InChI is InChI=1S/C18H24N2O/c1-13(2)19-9-4-10-20-18(21)17-8-7-15-11-14(3)5-6-16(15)12-17/h5-8,11-13,19H,4,9-10H2,1-3H3,(H,20,21). The predicted octanol–water partition coefficient (Wildman–Crippen LogP) is 3.27. The van der Waals surface area contributed by atoms with Gasteiger partial charge in [-0.1, -0.05) is 43.7 Å². The van der Waals surface area contributed by atoms with Crippen LogP contribution >= 0.6 is 0 Å². The third kappa shape index (κ3) is 4.57. The van der Waals surface area contributed by atoms with Crippen molar-refractivity contribution in [3.63, 3.8) is 0 Å². The van der Waals surface area contributed by atoms with Gasteiger partial charge in [-0.3, -0.25) is 4.79 Å². The molecule has 2 N–H and O–H groups in total. The first-order valence-electron chi connectivity index (χ1n) is 7.58. The lowest BCUT2D eigenvalue weighted by molar-refractivity contribution is 0.0953. The first kappa shape index (κ1) is 15.5. The number of carbonyl (C=O) groups excluding carboxylic acids is 1. The number of aryl methyl sites for hydroxylation is 1. The molecule has 0 saturated heterocycles. The van der Waals surface area contributed by atoms with Crippen molar-refractivity contribution in [1.82, 2.24) is 10.6 Å². The minimum absolute atomic E-state index is 0.00187. The van der Waals surface area contributed by atoms with Crippen LogP contribution in [-0.2, 0) is 0 Å². The largest absolute Gasteiger partial charge is 0.352 e. The second kappa shape index (κ2) is 7.23. The number of hydrogen-bond donors (Lipinski definition) is 2. The van der Waals surface area contributed by atoms with Crippen LogP contribution < -0.4 is 10.6 Å². The Morgan fingerprint density at radius 2 is 1.76 bits per heavy atom. The van der Waals surface area contributed by atoms with Crippen LogP contribution in [0.2, 0.25) is 0 Å². The average molecular weight is 284 g/mol. The van der Waals surface area contributed by atoms with Gasteiger partial charge in [0.25, 0.3) is 5.91 Å². The van der Waals surface area contributed by atoms with Crippen LogP contribution in [0.4, 0.5) is 0 Å². The first-order chi connectivity index (χ1) is 10.1. The van der Waals surface area contributed by atoms with Crippen molar-refractivity contribution in [3.05, 3.63) is 47.5 Å². The lowest BCUT2D eigenvalue weighted by atomic mass is 10.0. The van der Waals surface area contributed by atoms with Crippen LogP contribution in [0.25, 0.3) is 10.8 Å². The Morgan fingerprint density at radius 3 is 2.52 bits per heavy atom. The van der Waals surface area contributed by atoms with Gasteiger partial charge in [0.15, 0.2) is 0 Å². The van der Waals surface area contributed by atoms with Gasteiger partial charge in [0.2, 0.25) is 0 Å². The van der Waals surface area contributed by atoms with E-state index in [4.69, 9.17) is 0 Å². The summed E-state index contributed by atoms with van der Waals surface area (Å²) in [5.41, 5.74) is 1.96. The van der Waals surface area contributed by atoms with E-state index in [0.717, 1.165) is 23.9 Å². The zero-order valence-electron chi connectivity index (χ0n) is 13.1. The van der Waals surface area contributed by atoms with Crippen molar-refractivity contribution < 1.29 is 4.79 Å². The summed E-state index contributed by atoms with van der Waals surface area (Å²) in [5, 5.41) is 8.59. The highest BCUT2D eigenvalue weighted by atomic mass is 16.1. The molecule has 0 bridgehead atoms. The molecule has 2 rings (SSSR count). The summed E-state index contributed by atoms with van der Waals surface area (Å²) in [6.07, 6.45) is 0.941. The number of fused-ring (bicyclic) bond motifs is 1. The Hall–Kier alpha value is -1.87. The second-order valence-electron chi connectivity index (χ2n) is 5.78. The topological polar surface area (TPSA) is 41.1 Å². The van der Waals surface area contributed by atoms with Gasteiger partial charge in [0, 0.05) is 18.2 Å². The molecule has 0 aliphatic heterocycles. The molecule has 0 saturated carbocycles. The molecule has 2 aromatic rings. The predicted molar refractivity (Wildman–Crippen MR) is 88.8 cm³/mol. The minimum atomic E-state index is 0.00187. The fourth-order valence-electron chi connectivity index (χ4n) is 2.29. The molecule has 0 radical (unpaired) electrons. The third-order valence-corrected chi connectivity index (χ3v) is 3.45. The number of rotatable bonds is 6. The first-order valence-corrected chi connectivity index (χ1v) is 7.58. The molecule has 0 aliphatic carbocycles. The molecule has 0 aromatic heterocycles. The van der Waals surface area contributed by atoms with E-state index in [2.05, 4.69) is 49.6 Å². The van der Waals surface area contributed by atoms with Crippen molar-refractivity contribution in [2.45, 2.75) is 33.2 Å². The summed E-state index contributed by atoms with van der Waals surface area (Å²) in [6, 6.07) is 12.6. The van der Waals surface area contributed by atoms with Gasteiger partial charge in [-0.2, -0.15) is 0 Å². The van der Waals surface area contributed by atoms with E-state index >= 15 is 0 Å². The molecule has 0 unspecified atom stereocenters. The smallest absolute Gasteiger partial charge is 0.251 e. The van der Waals surface area contributed by atoms with Gasteiger partial charge in [-0.05, 0) is 42.8 Å². The van der Waals surface area contributed by atoms with Crippen LogP contribution in [0.1, 0.15) is 36.2 Å². The zero-order chi connectivity index (χ0) is 15.2. The van der Waals surface area contributed by atoms with E-state index in [0.29, 0.717) is 12.6 Å². The summed E-state index contributed by atoms with van der Waals surface area (Å²) in [6.45, 7) is 7.94. The molecule has 3 heteroatoms. The van der Waals surface area contributed by atoms with E-state index < -0.39 is 0 Å². The van der Waals surface area contributed by atoms with E-state index in [1.54, 1.807) is 0 Å². The van der Waals surface area contributed by atoms with Crippen LogP contribution in [-0.4, -0.2) is 25.0 Å². The molecule has 3 nitrogen and oxygen atoms in total. The van der Waals surface area contributed by atoms with E-state index in [-0.39, 0.29) is 5.91 Å². The third-order valence-electron chi connectivity index (χ3n) is 3.45. The fourth-order valence-corrected chi connectivity index (χ4v) is 2.29. The zero-order valence-corrected chi connectivity index (χ0v) is 13.1. The Labute approximate surface area is 126 Å². The highest BCUT2D eigenvalue weighted by molar-refractivity contribution is 5.98. The Morgan fingerprint density at radius 1 is 1.05 bits per heavy atom. The van der Waals surface area contributed by atoms with Gasteiger partial charge in [-0.25, -0.2) is 0 Å². The second-order valence-corrected chi connectivity index (χ2v) is 5.78. The van der Waals surface area contributed by atoms with Gasteiger partial charge in [0.1, 0.15) is 0 Å². The van der Waals surface area contributed by atoms with Crippen molar-refractivity contribution >= 4 is 16.7 Å². The molecule has 0 heterocycles. The summed E-state index contributed by atoms with van der Waals surface area (Å²) >= 11 is 0. The normalized spacial score (nSPS) is 11.0. The van der Waals surface area contributed by atoms with Gasteiger partial charge in [0.05, 0.1) is 0 Å². The molecule has 0 spiro atoms. The molecule has 1 amide bonds. The van der Waals surface area contributed by atoms with Crippen molar-refractivity contribution in [2.24, 2.45) is 0 Å². The summed E-state index contributed by atoms with van der Waals surface area (Å²) in [4.78, 5) is 12.1. The highest BCUT2D eigenvalue weighted by Crippen LogP contribution is 2.17. The maximum atomic E-state index is 12.1. The Bertz CT molecular complexity index is 620. The maximum Gasteiger partial charge on any atom is 0.251 e. The SMILES string of the molecule is Cc1ccc2cc(C(=O)NCCCNC(C)C)ccc2c1. The average Bonchev–Trinajstić information content (AvgIpc) is 2.45. The van der Waals surface area contributed by atoms with Crippen molar-refractivity contribution in [1.29, 1.82) is 0 Å². The maximum absolute atomic E-state index is 12.1. The molecular weight excluding hydrogens is 260 g/mol. The lowest BCUT2D eigenvalue weighted by Gasteiger charge is -2.09. The van der Waals surface area contributed by atoms with Gasteiger partial charge >= 0.3 is 0 Å². The fraction of sp³-hybridized carbons (Fsp3) is 0.389. The summed E-state index contributed by atoms with van der Waals surface area (Å²) in [5.74, 6) is 0.00187. The monoisotopic (exact) mass is 284 g/mol. The molecule has 0 aliphatic rings. The van der Waals surface area contributed by atoms with Gasteiger partial charge < -0.3 is 10.6 Å². The summed E-state index contributed by atoms with van der Waals surface area (Å²) < 4.78 is 0. The van der Waals surface area contributed by atoms with Crippen LogP contribution in [0.5, 0.6) is 0 Å². The molecular formula is C18H24N2O. The van der Waals surface area contributed by atoms with Crippen LogP contribution in [0.15, 0.2) is 36.4 Å². The Balaban J connectivity index is 1.92. The number of benzene rings is 2. The minimum Gasteiger partial charge on any atom is -0.352 e. The van der Waals surface area contributed by atoms with E-state index in [1.165, 1.54) is 10.9 Å².